The van der Waals surface area contributed by atoms with Crippen LogP contribution in [0.1, 0.15) is 13.8 Å². The summed E-state index contributed by atoms with van der Waals surface area (Å²) in [6, 6.07) is 0. The average Bonchev–Trinajstić information content (AvgIpc) is 1.97. The largest absolute Gasteiger partial charge is 0.460 e. The maximum Gasteiger partial charge on any atom is 0.302 e. The van der Waals surface area contributed by atoms with Gasteiger partial charge in [-0.3, -0.25) is 9.59 Å². The Labute approximate surface area is 79.8 Å². The van der Waals surface area contributed by atoms with Gasteiger partial charge in [0.1, 0.15) is 6.10 Å². The van der Waals surface area contributed by atoms with Crippen molar-refractivity contribution in [3.63, 3.8) is 0 Å². The number of nitrogens with one attached hydrogen (secondary N) is 1. The summed E-state index contributed by atoms with van der Waals surface area (Å²) >= 11 is 3.17. The van der Waals surface area contributed by atoms with Crippen molar-refractivity contribution in [2.75, 3.05) is 11.9 Å². The number of hydrogen-bond acceptors (Lipinski definition) is 3. The maximum absolute atomic E-state index is 10.5. The molecule has 1 N–H and O–H groups in total. The lowest BCUT2D eigenvalue weighted by atomic mass is 10.4. The topological polar surface area (TPSA) is 55.4 Å². The van der Waals surface area contributed by atoms with Crippen LogP contribution in [0.3, 0.4) is 0 Å². The molecular weight excluding hydrogens is 226 g/mol. The van der Waals surface area contributed by atoms with Crippen LogP contribution in [0, 0.1) is 0 Å². The third kappa shape index (κ3) is 6.15. The summed E-state index contributed by atoms with van der Waals surface area (Å²) in [6.07, 6.45) is -0.286. The quantitative estimate of drug-likeness (QED) is 0.571. The van der Waals surface area contributed by atoms with E-state index in [0.29, 0.717) is 11.9 Å². The Morgan fingerprint density at radius 3 is 2.42 bits per heavy atom. The number of rotatable bonds is 4. The molecule has 5 heteroatoms. The first kappa shape index (κ1) is 11.4. The highest BCUT2D eigenvalue weighted by Crippen LogP contribution is 1.96. The molecule has 4 nitrogen and oxygen atoms in total. The van der Waals surface area contributed by atoms with Crippen LogP contribution in [-0.2, 0) is 14.3 Å². The first-order chi connectivity index (χ1) is 5.56. The Bertz CT molecular complexity index is 172. The van der Waals surface area contributed by atoms with Crippen LogP contribution < -0.4 is 5.32 Å². The number of esters is 1. The van der Waals surface area contributed by atoms with Gasteiger partial charge in [-0.15, -0.1) is 0 Å². The second-order valence-corrected chi connectivity index (χ2v) is 2.97. The van der Waals surface area contributed by atoms with Gasteiger partial charge in [-0.1, -0.05) is 15.9 Å². The van der Waals surface area contributed by atoms with E-state index in [1.807, 2.05) is 0 Å². The number of halogens is 1. The summed E-state index contributed by atoms with van der Waals surface area (Å²) in [5.74, 6) is -0.474. The van der Waals surface area contributed by atoms with Crippen LogP contribution >= 0.6 is 15.9 Å². The molecule has 0 aromatic carbocycles. The van der Waals surface area contributed by atoms with Crippen molar-refractivity contribution < 1.29 is 14.3 Å². The van der Waals surface area contributed by atoms with Gasteiger partial charge >= 0.3 is 5.97 Å². The third-order valence-corrected chi connectivity index (χ3v) is 1.81. The van der Waals surface area contributed by atoms with Crippen molar-refractivity contribution in [3.05, 3.63) is 0 Å². The average molecular weight is 238 g/mol. The van der Waals surface area contributed by atoms with Crippen LogP contribution in [0.2, 0.25) is 0 Å². The summed E-state index contributed by atoms with van der Waals surface area (Å²) in [7, 11) is 0. The van der Waals surface area contributed by atoms with E-state index < -0.39 is 0 Å². The molecule has 1 atom stereocenters. The number of alkyl halides is 1. The van der Waals surface area contributed by atoms with Gasteiger partial charge in [0.25, 0.3) is 0 Å². The van der Waals surface area contributed by atoms with Gasteiger partial charge in [0, 0.05) is 19.2 Å². The van der Waals surface area contributed by atoms with Crippen molar-refractivity contribution in [1.82, 2.24) is 5.32 Å². The zero-order valence-electron chi connectivity index (χ0n) is 7.09. The second kappa shape index (κ2) is 5.99. The van der Waals surface area contributed by atoms with Gasteiger partial charge in [0.05, 0.1) is 6.54 Å². The normalized spacial score (nSPS) is 11.9. The van der Waals surface area contributed by atoms with E-state index in [4.69, 9.17) is 4.74 Å². The lowest BCUT2D eigenvalue weighted by Gasteiger charge is -2.13. The van der Waals surface area contributed by atoms with E-state index in [-0.39, 0.29) is 18.0 Å². The van der Waals surface area contributed by atoms with Crippen molar-refractivity contribution >= 4 is 27.8 Å². The van der Waals surface area contributed by atoms with E-state index in [9.17, 15) is 9.59 Å². The molecule has 0 saturated carbocycles. The van der Waals surface area contributed by atoms with Crippen LogP contribution in [0.15, 0.2) is 0 Å². The number of carbonyl (C=O) groups excluding carboxylic acids is 2. The summed E-state index contributed by atoms with van der Waals surface area (Å²) in [6.45, 7) is 3.10. The number of carbonyl (C=O) groups is 2. The van der Waals surface area contributed by atoms with E-state index in [1.165, 1.54) is 13.8 Å². The molecule has 0 saturated heterocycles. The first-order valence-electron chi connectivity index (χ1n) is 3.54. The van der Waals surface area contributed by atoms with Crippen LogP contribution in [0.4, 0.5) is 0 Å². The molecule has 0 fully saturated rings. The molecular formula is C7H12BrNO3. The second-order valence-electron chi connectivity index (χ2n) is 2.32. The zero-order chi connectivity index (χ0) is 9.56. The molecule has 0 aliphatic rings. The molecule has 70 valence electrons. The van der Waals surface area contributed by atoms with Gasteiger partial charge in [0.15, 0.2) is 0 Å². The van der Waals surface area contributed by atoms with Crippen molar-refractivity contribution in [3.8, 4) is 0 Å². The van der Waals surface area contributed by atoms with Crippen molar-refractivity contribution in [1.29, 1.82) is 0 Å². The Kier molecular flexibility index (Phi) is 5.70. The fraction of sp³-hybridized carbons (Fsp3) is 0.714. The summed E-state index contributed by atoms with van der Waals surface area (Å²) < 4.78 is 4.85. The highest BCUT2D eigenvalue weighted by Gasteiger charge is 2.09. The van der Waals surface area contributed by atoms with Crippen LogP contribution in [0.25, 0.3) is 0 Å². The Morgan fingerprint density at radius 2 is 2.08 bits per heavy atom. The van der Waals surface area contributed by atoms with E-state index in [2.05, 4.69) is 21.2 Å². The molecule has 1 amide bonds. The van der Waals surface area contributed by atoms with Gasteiger partial charge in [0.2, 0.25) is 5.91 Å². The standard InChI is InChI=1S/C7H12BrNO3/c1-5(10)9-4-7(3-8)12-6(2)11/h7H,3-4H2,1-2H3,(H,9,10)/t7-/m0/s1. The van der Waals surface area contributed by atoms with E-state index in [1.54, 1.807) is 0 Å². The summed E-state index contributed by atoms with van der Waals surface area (Å²) in [5, 5.41) is 3.08. The molecule has 0 heterocycles. The minimum Gasteiger partial charge on any atom is -0.460 e. The molecule has 0 aliphatic carbocycles. The number of ether oxygens (including phenoxy) is 1. The molecule has 0 bridgehead atoms. The molecule has 0 rings (SSSR count). The molecule has 12 heavy (non-hydrogen) atoms. The van der Waals surface area contributed by atoms with Crippen LogP contribution in [0.5, 0.6) is 0 Å². The zero-order valence-corrected chi connectivity index (χ0v) is 8.68. The molecule has 0 unspecified atom stereocenters. The minimum atomic E-state index is -0.343. The summed E-state index contributed by atoms with van der Waals surface area (Å²) in [4.78, 5) is 21.0. The molecule has 0 aliphatic heterocycles. The summed E-state index contributed by atoms with van der Waals surface area (Å²) in [5.41, 5.74) is 0. The maximum atomic E-state index is 10.5. The molecule has 0 spiro atoms. The fourth-order valence-electron chi connectivity index (χ4n) is 0.620. The highest BCUT2D eigenvalue weighted by atomic mass is 79.9. The van der Waals surface area contributed by atoms with Gasteiger partial charge in [-0.05, 0) is 0 Å². The van der Waals surface area contributed by atoms with E-state index in [0.717, 1.165) is 0 Å². The molecule has 0 aromatic heterocycles. The van der Waals surface area contributed by atoms with Crippen molar-refractivity contribution in [2.24, 2.45) is 0 Å². The Morgan fingerprint density at radius 1 is 1.50 bits per heavy atom. The number of amides is 1. The van der Waals surface area contributed by atoms with Crippen molar-refractivity contribution in [2.45, 2.75) is 20.0 Å². The molecule has 0 aromatic rings. The predicted molar refractivity (Wildman–Crippen MR) is 48.0 cm³/mol. The van der Waals surface area contributed by atoms with Crippen LogP contribution in [-0.4, -0.2) is 29.9 Å². The third-order valence-electron chi connectivity index (χ3n) is 1.08. The Hall–Kier alpha value is -0.580. The predicted octanol–water partition coefficient (Wildman–Crippen LogP) is 0.449. The molecule has 0 radical (unpaired) electrons. The smallest absolute Gasteiger partial charge is 0.302 e. The SMILES string of the molecule is CC(=O)NC[C@H](CBr)OC(C)=O. The van der Waals surface area contributed by atoms with Gasteiger partial charge in [-0.25, -0.2) is 0 Å². The first-order valence-corrected chi connectivity index (χ1v) is 4.66. The lowest BCUT2D eigenvalue weighted by molar-refractivity contribution is -0.145. The fourth-order valence-corrected chi connectivity index (χ4v) is 0.981. The van der Waals surface area contributed by atoms with E-state index >= 15 is 0 Å². The number of hydrogen-bond donors (Lipinski definition) is 1. The Balaban J connectivity index is 3.67. The minimum absolute atomic E-state index is 0.131. The van der Waals surface area contributed by atoms with Gasteiger partial charge in [-0.2, -0.15) is 0 Å². The monoisotopic (exact) mass is 237 g/mol. The lowest BCUT2D eigenvalue weighted by Crippen LogP contribution is -2.34. The van der Waals surface area contributed by atoms with Gasteiger partial charge < -0.3 is 10.1 Å². The highest BCUT2D eigenvalue weighted by molar-refractivity contribution is 9.09.